The predicted octanol–water partition coefficient (Wildman–Crippen LogP) is 2.61. The number of hydrogen-bond acceptors (Lipinski definition) is 2. The van der Waals surface area contributed by atoms with E-state index in [2.05, 4.69) is 5.32 Å². The first-order valence-electron chi connectivity index (χ1n) is 4.74. The van der Waals surface area contributed by atoms with Crippen LogP contribution in [-0.4, -0.2) is 11.0 Å². The second kappa shape index (κ2) is 4.64. The number of anilines is 1. The average Bonchev–Trinajstić information content (AvgIpc) is 2.08. The maximum atomic E-state index is 11.4. The van der Waals surface area contributed by atoms with E-state index in [9.17, 15) is 9.90 Å². The fourth-order valence-corrected chi connectivity index (χ4v) is 1.22. The van der Waals surface area contributed by atoms with Crippen molar-refractivity contribution in [1.82, 2.24) is 0 Å². The Morgan fingerprint density at radius 1 is 1.40 bits per heavy atom. The van der Waals surface area contributed by atoms with Crippen molar-refractivity contribution < 1.29 is 9.90 Å². The molecule has 0 fully saturated rings. The maximum Gasteiger partial charge on any atom is 0.248 e. The van der Waals surface area contributed by atoms with Gasteiger partial charge in [-0.05, 0) is 44.5 Å². The molecule has 0 unspecified atom stereocenters. The summed E-state index contributed by atoms with van der Waals surface area (Å²) in [7, 11) is 0. The Labute approximate surface area is 89.4 Å². The highest BCUT2D eigenvalue weighted by molar-refractivity contribution is 6.00. The number of phenolic OH excluding ortho intramolecular Hbond substituents is 1. The third-order valence-electron chi connectivity index (χ3n) is 1.89. The molecule has 80 valence electrons. The van der Waals surface area contributed by atoms with Gasteiger partial charge in [0.15, 0.2) is 0 Å². The molecule has 0 aliphatic carbocycles. The van der Waals surface area contributed by atoms with E-state index >= 15 is 0 Å². The molecule has 3 heteroatoms. The molecule has 1 aromatic rings. The SMILES string of the molecule is CC(C)=CC(=O)Nc1ccc(O)cc1C. The summed E-state index contributed by atoms with van der Waals surface area (Å²) < 4.78 is 0. The van der Waals surface area contributed by atoms with E-state index < -0.39 is 0 Å². The highest BCUT2D eigenvalue weighted by Gasteiger charge is 2.02. The monoisotopic (exact) mass is 205 g/mol. The third kappa shape index (κ3) is 3.46. The van der Waals surface area contributed by atoms with Crippen molar-refractivity contribution in [2.24, 2.45) is 0 Å². The minimum atomic E-state index is -0.149. The number of amides is 1. The Kier molecular flexibility index (Phi) is 3.50. The topological polar surface area (TPSA) is 49.3 Å². The Bertz CT molecular complexity index is 404. The van der Waals surface area contributed by atoms with Crippen molar-refractivity contribution in [2.75, 3.05) is 5.32 Å². The van der Waals surface area contributed by atoms with Gasteiger partial charge < -0.3 is 10.4 Å². The first-order valence-corrected chi connectivity index (χ1v) is 4.74. The lowest BCUT2D eigenvalue weighted by Crippen LogP contribution is -2.09. The zero-order valence-electron chi connectivity index (χ0n) is 9.16. The second-order valence-electron chi connectivity index (χ2n) is 3.71. The molecule has 1 amide bonds. The van der Waals surface area contributed by atoms with Gasteiger partial charge in [0.1, 0.15) is 5.75 Å². The largest absolute Gasteiger partial charge is 0.508 e. The number of benzene rings is 1. The van der Waals surface area contributed by atoms with Crippen LogP contribution in [0, 0.1) is 6.92 Å². The first-order chi connectivity index (χ1) is 6.99. The lowest BCUT2D eigenvalue weighted by molar-refractivity contribution is -0.111. The van der Waals surface area contributed by atoms with Crippen molar-refractivity contribution in [3.8, 4) is 5.75 Å². The van der Waals surface area contributed by atoms with Gasteiger partial charge in [-0.15, -0.1) is 0 Å². The molecule has 0 aliphatic rings. The normalized spacial score (nSPS) is 9.53. The van der Waals surface area contributed by atoms with Gasteiger partial charge >= 0.3 is 0 Å². The number of rotatable bonds is 2. The number of aromatic hydroxyl groups is 1. The van der Waals surface area contributed by atoms with Crippen LogP contribution in [0.1, 0.15) is 19.4 Å². The molecule has 2 N–H and O–H groups in total. The van der Waals surface area contributed by atoms with Crippen LogP contribution in [-0.2, 0) is 4.79 Å². The molecule has 0 saturated heterocycles. The van der Waals surface area contributed by atoms with Crippen LogP contribution < -0.4 is 5.32 Å². The molecule has 1 aromatic carbocycles. The fraction of sp³-hybridized carbons (Fsp3) is 0.250. The van der Waals surface area contributed by atoms with E-state index in [4.69, 9.17) is 0 Å². The smallest absolute Gasteiger partial charge is 0.248 e. The number of carbonyl (C=O) groups is 1. The molecule has 0 atom stereocenters. The van der Waals surface area contributed by atoms with Crippen LogP contribution in [0.4, 0.5) is 5.69 Å². The van der Waals surface area contributed by atoms with Crippen molar-refractivity contribution in [2.45, 2.75) is 20.8 Å². The highest BCUT2D eigenvalue weighted by atomic mass is 16.3. The van der Waals surface area contributed by atoms with Crippen LogP contribution in [0.3, 0.4) is 0 Å². The van der Waals surface area contributed by atoms with Crippen LogP contribution in [0.15, 0.2) is 29.8 Å². The Hall–Kier alpha value is -1.77. The molecule has 0 saturated carbocycles. The summed E-state index contributed by atoms with van der Waals surface area (Å²) in [4.78, 5) is 11.4. The van der Waals surface area contributed by atoms with E-state index in [1.165, 1.54) is 6.08 Å². The van der Waals surface area contributed by atoms with Crippen molar-refractivity contribution in [1.29, 1.82) is 0 Å². The second-order valence-corrected chi connectivity index (χ2v) is 3.71. The molecule has 3 nitrogen and oxygen atoms in total. The molecule has 0 aromatic heterocycles. The summed E-state index contributed by atoms with van der Waals surface area (Å²) in [6.07, 6.45) is 1.53. The number of nitrogens with one attached hydrogen (secondary N) is 1. The van der Waals surface area contributed by atoms with E-state index in [0.717, 1.165) is 16.8 Å². The Balaban J connectivity index is 2.82. The number of allylic oxidation sites excluding steroid dienone is 1. The van der Waals surface area contributed by atoms with E-state index in [1.54, 1.807) is 18.2 Å². The molecule has 0 heterocycles. The van der Waals surface area contributed by atoms with Gasteiger partial charge in [-0.1, -0.05) is 5.57 Å². The lowest BCUT2D eigenvalue weighted by atomic mass is 10.2. The number of aryl methyl sites for hydroxylation is 1. The Morgan fingerprint density at radius 2 is 2.07 bits per heavy atom. The summed E-state index contributed by atoms with van der Waals surface area (Å²) in [5.41, 5.74) is 2.50. The summed E-state index contributed by atoms with van der Waals surface area (Å²) in [5, 5.41) is 11.9. The van der Waals surface area contributed by atoms with Crippen LogP contribution >= 0.6 is 0 Å². The van der Waals surface area contributed by atoms with Gasteiger partial charge in [0, 0.05) is 11.8 Å². The highest BCUT2D eigenvalue weighted by Crippen LogP contribution is 2.19. The van der Waals surface area contributed by atoms with Gasteiger partial charge in [0.25, 0.3) is 0 Å². The summed E-state index contributed by atoms with van der Waals surface area (Å²) in [6, 6.07) is 4.84. The molecular weight excluding hydrogens is 190 g/mol. The average molecular weight is 205 g/mol. The maximum absolute atomic E-state index is 11.4. The zero-order chi connectivity index (χ0) is 11.4. The lowest BCUT2D eigenvalue weighted by Gasteiger charge is -2.06. The fourth-order valence-electron chi connectivity index (χ4n) is 1.22. The molecule has 0 radical (unpaired) electrons. The van der Waals surface area contributed by atoms with Crippen molar-refractivity contribution in [3.63, 3.8) is 0 Å². The Morgan fingerprint density at radius 3 is 2.60 bits per heavy atom. The molecule has 0 aliphatic heterocycles. The summed E-state index contributed by atoms with van der Waals surface area (Å²) in [5.74, 6) is 0.0523. The van der Waals surface area contributed by atoms with Crippen LogP contribution in [0.2, 0.25) is 0 Å². The zero-order valence-corrected chi connectivity index (χ0v) is 9.16. The third-order valence-corrected chi connectivity index (χ3v) is 1.89. The minimum Gasteiger partial charge on any atom is -0.508 e. The molecule has 0 spiro atoms. The van der Waals surface area contributed by atoms with E-state index in [-0.39, 0.29) is 11.7 Å². The van der Waals surface area contributed by atoms with Crippen molar-refractivity contribution >= 4 is 11.6 Å². The number of carbonyl (C=O) groups excluding carboxylic acids is 1. The number of phenols is 1. The van der Waals surface area contributed by atoms with E-state index in [1.807, 2.05) is 20.8 Å². The quantitative estimate of drug-likeness (QED) is 0.576. The van der Waals surface area contributed by atoms with Crippen molar-refractivity contribution in [3.05, 3.63) is 35.4 Å². The summed E-state index contributed by atoms with van der Waals surface area (Å²) in [6.45, 7) is 5.56. The van der Waals surface area contributed by atoms with Gasteiger partial charge in [-0.25, -0.2) is 0 Å². The van der Waals surface area contributed by atoms with Gasteiger partial charge in [0.2, 0.25) is 5.91 Å². The first kappa shape index (κ1) is 11.3. The van der Waals surface area contributed by atoms with E-state index in [0.29, 0.717) is 0 Å². The molecule has 0 bridgehead atoms. The summed E-state index contributed by atoms with van der Waals surface area (Å²) >= 11 is 0. The molecule has 15 heavy (non-hydrogen) atoms. The van der Waals surface area contributed by atoms with Gasteiger partial charge in [-0.2, -0.15) is 0 Å². The molecular formula is C12H15NO2. The standard InChI is InChI=1S/C12H15NO2/c1-8(2)6-12(15)13-11-5-4-10(14)7-9(11)3/h4-7,14H,1-3H3,(H,13,15). The minimum absolute atomic E-state index is 0.149. The molecule has 1 rings (SSSR count). The predicted molar refractivity (Wildman–Crippen MR) is 60.9 cm³/mol. The van der Waals surface area contributed by atoms with Gasteiger partial charge in [-0.3, -0.25) is 4.79 Å². The van der Waals surface area contributed by atoms with Crippen LogP contribution in [0.25, 0.3) is 0 Å². The number of hydrogen-bond donors (Lipinski definition) is 2. The van der Waals surface area contributed by atoms with Crippen LogP contribution in [0.5, 0.6) is 5.75 Å². The van der Waals surface area contributed by atoms with Gasteiger partial charge in [0.05, 0.1) is 0 Å².